The van der Waals surface area contributed by atoms with Gasteiger partial charge in [-0.1, -0.05) is 25.4 Å². The molecule has 4 rings (SSSR count). The summed E-state index contributed by atoms with van der Waals surface area (Å²) in [6.07, 6.45) is 7.16. The van der Waals surface area contributed by atoms with Gasteiger partial charge in [-0.25, -0.2) is 4.98 Å². The average Bonchev–Trinajstić information content (AvgIpc) is 3.09. The Labute approximate surface area is 161 Å². The third-order valence-electron chi connectivity index (χ3n) is 4.27. The summed E-state index contributed by atoms with van der Waals surface area (Å²) >= 11 is 6.63. The van der Waals surface area contributed by atoms with Crippen LogP contribution in [-0.2, 0) is 7.05 Å². The second-order valence-electron chi connectivity index (χ2n) is 6.61. The van der Waals surface area contributed by atoms with Gasteiger partial charge in [0.25, 0.3) is 0 Å². The largest absolute Gasteiger partial charge is 0.323 e. The highest BCUT2D eigenvalue weighted by atomic mass is 35.5. The standard InChI is InChI=1S/C19H18ClN7/c1-11(2)12-6-17(26-22-7-12)24-16-5-4-15-19(25-16)18(20)14(9-21-15)13-8-23-27(3)10-13/h4-11H,1-3H3,(H,24,25,26). The molecule has 0 radical (unpaired) electrons. The van der Waals surface area contributed by atoms with E-state index in [4.69, 9.17) is 11.6 Å². The number of nitrogens with one attached hydrogen (secondary N) is 1. The zero-order valence-corrected chi connectivity index (χ0v) is 15.9. The highest BCUT2D eigenvalue weighted by molar-refractivity contribution is 6.37. The minimum absolute atomic E-state index is 0.367. The van der Waals surface area contributed by atoms with Crippen molar-refractivity contribution >= 4 is 34.3 Å². The molecule has 0 bridgehead atoms. The third-order valence-corrected chi connectivity index (χ3v) is 4.65. The molecule has 0 spiro atoms. The number of rotatable bonds is 4. The third kappa shape index (κ3) is 3.46. The lowest BCUT2D eigenvalue weighted by Crippen LogP contribution is -2.00. The first-order valence-electron chi connectivity index (χ1n) is 8.55. The van der Waals surface area contributed by atoms with Gasteiger partial charge in [0.15, 0.2) is 5.82 Å². The SMILES string of the molecule is CC(C)c1cnnc(Nc2ccc3ncc(-c4cnn(C)c4)c(Cl)c3n2)c1. The second-order valence-corrected chi connectivity index (χ2v) is 6.98. The number of fused-ring (bicyclic) bond motifs is 1. The van der Waals surface area contributed by atoms with E-state index in [0.717, 1.165) is 22.2 Å². The Morgan fingerprint density at radius 3 is 2.70 bits per heavy atom. The molecular formula is C19H18ClN7. The fourth-order valence-electron chi connectivity index (χ4n) is 2.76. The van der Waals surface area contributed by atoms with E-state index >= 15 is 0 Å². The van der Waals surface area contributed by atoms with Crippen LogP contribution >= 0.6 is 11.6 Å². The molecule has 0 aliphatic rings. The van der Waals surface area contributed by atoms with Crippen molar-refractivity contribution in [3.63, 3.8) is 0 Å². The van der Waals surface area contributed by atoms with Crippen LogP contribution in [0.2, 0.25) is 5.02 Å². The Morgan fingerprint density at radius 2 is 1.96 bits per heavy atom. The lowest BCUT2D eigenvalue weighted by Gasteiger charge is -2.10. The Morgan fingerprint density at radius 1 is 1.11 bits per heavy atom. The summed E-state index contributed by atoms with van der Waals surface area (Å²) in [5.41, 5.74) is 4.14. The van der Waals surface area contributed by atoms with E-state index in [-0.39, 0.29) is 0 Å². The van der Waals surface area contributed by atoms with Crippen molar-refractivity contribution in [1.82, 2.24) is 29.9 Å². The molecular weight excluding hydrogens is 362 g/mol. The molecule has 7 nitrogen and oxygen atoms in total. The summed E-state index contributed by atoms with van der Waals surface area (Å²) in [6.45, 7) is 4.22. The van der Waals surface area contributed by atoms with Gasteiger partial charge in [0, 0.05) is 30.6 Å². The normalized spacial score (nSPS) is 11.3. The second kappa shape index (κ2) is 6.92. The number of anilines is 2. The maximum absolute atomic E-state index is 6.63. The fraction of sp³-hybridized carbons (Fsp3) is 0.211. The topological polar surface area (TPSA) is 81.4 Å². The van der Waals surface area contributed by atoms with Crippen LogP contribution in [0.5, 0.6) is 0 Å². The van der Waals surface area contributed by atoms with Crippen molar-refractivity contribution < 1.29 is 0 Å². The van der Waals surface area contributed by atoms with Crippen LogP contribution in [0, 0.1) is 0 Å². The Kier molecular flexibility index (Phi) is 4.45. The van der Waals surface area contributed by atoms with Crippen molar-refractivity contribution in [3.05, 3.63) is 53.6 Å². The molecule has 27 heavy (non-hydrogen) atoms. The highest BCUT2D eigenvalue weighted by Gasteiger charge is 2.13. The van der Waals surface area contributed by atoms with Gasteiger partial charge in [-0.3, -0.25) is 9.67 Å². The Bertz CT molecular complexity index is 1120. The zero-order valence-electron chi connectivity index (χ0n) is 15.2. The summed E-state index contributed by atoms with van der Waals surface area (Å²) in [5, 5.41) is 16.1. The van der Waals surface area contributed by atoms with Crippen LogP contribution in [0.1, 0.15) is 25.3 Å². The monoisotopic (exact) mass is 379 g/mol. The molecule has 0 amide bonds. The quantitative estimate of drug-likeness (QED) is 0.568. The van der Waals surface area contributed by atoms with Crippen LogP contribution < -0.4 is 5.32 Å². The molecule has 4 aromatic heterocycles. The van der Waals surface area contributed by atoms with E-state index in [2.05, 4.69) is 44.4 Å². The van der Waals surface area contributed by atoms with E-state index in [9.17, 15) is 0 Å². The van der Waals surface area contributed by atoms with Gasteiger partial charge in [0.05, 0.1) is 22.9 Å². The molecule has 0 fully saturated rings. The number of halogens is 1. The van der Waals surface area contributed by atoms with Gasteiger partial charge < -0.3 is 5.32 Å². The molecule has 0 saturated carbocycles. The van der Waals surface area contributed by atoms with Crippen LogP contribution in [-0.4, -0.2) is 29.9 Å². The number of hydrogen-bond donors (Lipinski definition) is 1. The maximum atomic E-state index is 6.63. The number of nitrogens with zero attached hydrogens (tertiary/aromatic N) is 6. The molecule has 0 unspecified atom stereocenters. The van der Waals surface area contributed by atoms with E-state index in [1.54, 1.807) is 23.3 Å². The molecule has 0 aromatic carbocycles. The smallest absolute Gasteiger partial charge is 0.154 e. The summed E-state index contributed by atoms with van der Waals surface area (Å²) in [7, 11) is 1.86. The predicted molar refractivity (Wildman–Crippen MR) is 106 cm³/mol. The van der Waals surface area contributed by atoms with E-state index in [1.807, 2.05) is 31.4 Å². The fourth-order valence-corrected chi connectivity index (χ4v) is 3.05. The van der Waals surface area contributed by atoms with Crippen LogP contribution in [0.15, 0.2) is 43.0 Å². The maximum Gasteiger partial charge on any atom is 0.154 e. The number of aryl methyl sites for hydroxylation is 1. The van der Waals surface area contributed by atoms with Gasteiger partial charge in [0.1, 0.15) is 11.3 Å². The minimum atomic E-state index is 0.367. The lowest BCUT2D eigenvalue weighted by atomic mass is 10.1. The van der Waals surface area contributed by atoms with Crippen LogP contribution in [0.25, 0.3) is 22.2 Å². The van der Waals surface area contributed by atoms with Gasteiger partial charge >= 0.3 is 0 Å². The van der Waals surface area contributed by atoms with Gasteiger partial charge in [0.2, 0.25) is 0 Å². The molecule has 136 valence electrons. The van der Waals surface area contributed by atoms with Crippen LogP contribution in [0.3, 0.4) is 0 Å². The Balaban J connectivity index is 1.73. The first kappa shape index (κ1) is 17.4. The molecule has 0 aliphatic heterocycles. The summed E-state index contributed by atoms with van der Waals surface area (Å²) in [4.78, 5) is 9.11. The summed E-state index contributed by atoms with van der Waals surface area (Å²) in [6, 6.07) is 5.69. The first-order chi connectivity index (χ1) is 13.0. The first-order valence-corrected chi connectivity index (χ1v) is 8.93. The summed E-state index contributed by atoms with van der Waals surface area (Å²) in [5.74, 6) is 1.64. The van der Waals surface area contributed by atoms with Gasteiger partial charge in [-0.2, -0.15) is 10.2 Å². The average molecular weight is 380 g/mol. The van der Waals surface area contributed by atoms with Crippen molar-refractivity contribution in [2.75, 3.05) is 5.32 Å². The molecule has 8 heteroatoms. The zero-order chi connectivity index (χ0) is 19.0. The predicted octanol–water partition coefficient (Wildman–Crippen LogP) is 4.34. The summed E-state index contributed by atoms with van der Waals surface area (Å²) < 4.78 is 1.72. The lowest BCUT2D eigenvalue weighted by molar-refractivity contribution is 0.768. The Hall–Kier alpha value is -3.06. The molecule has 4 aromatic rings. The van der Waals surface area contributed by atoms with Gasteiger partial charge in [-0.05, 0) is 29.7 Å². The molecule has 0 atom stereocenters. The van der Waals surface area contributed by atoms with E-state index < -0.39 is 0 Å². The molecule has 0 saturated heterocycles. The van der Waals surface area contributed by atoms with Gasteiger partial charge in [-0.15, -0.1) is 5.10 Å². The van der Waals surface area contributed by atoms with Crippen molar-refractivity contribution in [1.29, 1.82) is 0 Å². The van der Waals surface area contributed by atoms with Crippen molar-refractivity contribution in [3.8, 4) is 11.1 Å². The highest BCUT2D eigenvalue weighted by Crippen LogP contribution is 2.32. The van der Waals surface area contributed by atoms with Crippen molar-refractivity contribution in [2.45, 2.75) is 19.8 Å². The number of aromatic nitrogens is 6. The number of pyridine rings is 2. The molecule has 1 N–H and O–H groups in total. The minimum Gasteiger partial charge on any atom is -0.323 e. The number of hydrogen-bond acceptors (Lipinski definition) is 6. The van der Waals surface area contributed by atoms with Crippen LogP contribution in [0.4, 0.5) is 11.6 Å². The molecule has 4 heterocycles. The van der Waals surface area contributed by atoms with E-state index in [0.29, 0.717) is 28.1 Å². The molecule has 0 aliphatic carbocycles. The van der Waals surface area contributed by atoms with Crippen molar-refractivity contribution in [2.24, 2.45) is 7.05 Å². The van der Waals surface area contributed by atoms with E-state index in [1.165, 1.54) is 0 Å².